The Hall–Kier alpha value is -0.860. The molecule has 2 nitrogen and oxygen atoms in total. The molecule has 1 aliphatic carbocycles. The van der Waals surface area contributed by atoms with E-state index in [1.165, 1.54) is 31.5 Å². The third-order valence-electron chi connectivity index (χ3n) is 4.49. The Balaban J connectivity index is 1.56. The van der Waals surface area contributed by atoms with Gasteiger partial charge in [-0.15, -0.1) is 0 Å². The normalized spacial score (nSPS) is 27.1. The zero-order valence-electron chi connectivity index (χ0n) is 11.3. The molecule has 1 saturated heterocycles. The number of rotatable bonds is 4. The van der Waals surface area contributed by atoms with Crippen LogP contribution in [0.5, 0.6) is 0 Å². The maximum Gasteiger partial charge on any atom is 0.0236 e. The summed E-state index contributed by atoms with van der Waals surface area (Å²) < 4.78 is 0. The summed E-state index contributed by atoms with van der Waals surface area (Å²) in [4.78, 5) is 2.70. The maximum absolute atomic E-state index is 3.67. The molecule has 98 valence electrons. The predicted molar refractivity (Wildman–Crippen MR) is 75.7 cm³/mol. The van der Waals surface area contributed by atoms with Crippen molar-refractivity contribution in [3.8, 4) is 0 Å². The average molecular weight is 244 g/mol. The highest BCUT2D eigenvalue weighted by Crippen LogP contribution is 2.35. The summed E-state index contributed by atoms with van der Waals surface area (Å²) in [5, 5.41) is 3.67. The summed E-state index contributed by atoms with van der Waals surface area (Å²) in [6.45, 7) is 6.01. The lowest BCUT2D eigenvalue weighted by molar-refractivity contribution is 0.139. The maximum atomic E-state index is 3.67. The molecule has 0 bridgehead atoms. The van der Waals surface area contributed by atoms with Gasteiger partial charge in [-0.2, -0.15) is 0 Å². The van der Waals surface area contributed by atoms with Gasteiger partial charge in [0.2, 0.25) is 0 Å². The van der Waals surface area contributed by atoms with Crippen LogP contribution >= 0.6 is 0 Å². The van der Waals surface area contributed by atoms with E-state index in [4.69, 9.17) is 0 Å². The van der Waals surface area contributed by atoms with Crippen LogP contribution in [-0.2, 0) is 6.42 Å². The quantitative estimate of drug-likeness (QED) is 0.874. The third-order valence-corrected chi connectivity index (χ3v) is 4.49. The number of piperazine rings is 1. The van der Waals surface area contributed by atoms with Crippen molar-refractivity contribution < 1.29 is 0 Å². The Morgan fingerprint density at radius 1 is 1.28 bits per heavy atom. The fraction of sp³-hybridized carbons (Fsp3) is 0.625. The Morgan fingerprint density at radius 3 is 2.78 bits per heavy atom. The first-order valence-corrected chi connectivity index (χ1v) is 7.34. The summed E-state index contributed by atoms with van der Waals surface area (Å²) in [6.07, 6.45) is 4.07. The minimum absolute atomic E-state index is 0.627. The molecule has 1 heterocycles. The van der Waals surface area contributed by atoms with E-state index < -0.39 is 0 Å². The van der Waals surface area contributed by atoms with Crippen molar-refractivity contribution in [3.63, 3.8) is 0 Å². The van der Waals surface area contributed by atoms with E-state index in [1.807, 2.05) is 0 Å². The molecule has 2 aliphatic rings. The molecule has 1 aromatic rings. The van der Waals surface area contributed by atoms with Crippen molar-refractivity contribution in [2.75, 3.05) is 19.6 Å². The summed E-state index contributed by atoms with van der Waals surface area (Å²) in [7, 11) is 0. The Morgan fingerprint density at radius 2 is 2.06 bits per heavy atom. The van der Waals surface area contributed by atoms with Gasteiger partial charge in [-0.25, -0.2) is 0 Å². The lowest BCUT2D eigenvalue weighted by atomic mass is 10.0. The zero-order valence-corrected chi connectivity index (χ0v) is 11.3. The number of nitrogens with one attached hydrogen (secondary N) is 1. The van der Waals surface area contributed by atoms with E-state index in [9.17, 15) is 0 Å². The van der Waals surface area contributed by atoms with Gasteiger partial charge in [-0.1, -0.05) is 30.3 Å². The zero-order chi connectivity index (χ0) is 12.4. The monoisotopic (exact) mass is 244 g/mol. The van der Waals surface area contributed by atoms with Crippen LogP contribution in [0.15, 0.2) is 30.3 Å². The van der Waals surface area contributed by atoms with Crippen LogP contribution in [0.1, 0.15) is 25.3 Å². The molecule has 2 heteroatoms. The van der Waals surface area contributed by atoms with Crippen molar-refractivity contribution >= 4 is 0 Å². The molecule has 18 heavy (non-hydrogen) atoms. The van der Waals surface area contributed by atoms with Crippen LogP contribution in [0.25, 0.3) is 0 Å². The highest BCUT2D eigenvalue weighted by Gasteiger charge is 2.33. The highest BCUT2D eigenvalue weighted by molar-refractivity contribution is 5.16. The van der Waals surface area contributed by atoms with E-state index in [0.717, 1.165) is 24.9 Å². The molecular formula is C16H24N2. The molecule has 1 aliphatic heterocycles. The number of benzene rings is 1. The number of nitrogens with zero attached hydrogens (tertiary/aromatic N) is 1. The first kappa shape index (κ1) is 12.2. The predicted octanol–water partition coefficient (Wildman–Crippen LogP) is 2.30. The highest BCUT2D eigenvalue weighted by atomic mass is 15.2. The van der Waals surface area contributed by atoms with E-state index in [2.05, 4.69) is 47.5 Å². The third kappa shape index (κ3) is 2.93. The molecular weight excluding hydrogens is 220 g/mol. The van der Waals surface area contributed by atoms with Crippen LogP contribution in [0.3, 0.4) is 0 Å². The van der Waals surface area contributed by atoms with Gasteiger partial charge in [0.05, 0.1) is 0 Å². The van der Waals surface area contributed by atoms with Crippen molar-refractivity contribution in [1.29, 1.82) is 0 Å². The molecule has 2 atom stereocenters. The largest absolute Gasteiger partial charge is 0.311 e. The van der Waals surface area contributed by atoms with Gasteiger partial charge in [0, 0.05) is 31.7 Å². The second-order valence-corrected chi connectivity index (χ2v) is 5.91. The van der Waals surface area contributed by atoms with Gasteiger partial charge in [0.1, 0.15) is 0 Å². The molecule has 0 amide bonds. The number of hydrogen-bond donors (Lipinski definition) is 1. The topological polar surface area (TPSA) is 15.3 Å². The first-order chi connectivity index (χ1) is 8.83. The fourth-order valence-corrected chi connectivity index (χ4v) is 3.13. The Bertz CT molecular complexity index is 372. The standard InChI is InChI=1S/C16H24N2/c1-13(15-7-8-15)18-10-9-17-16(12-18)11-14-5-3-2-4-6-14/h2-6,13,15-17H,7-12H2,1H3. The first-order valence-electron chi connectivity index (χ1n) is 7.34. The fourth-order valence-electron chi connectivity index (χ4n) is 3.13. The molecule has 1 N–H and O–H groups in total. The minimum Gasteiger partial charge on any atom is -0.311 e. The Kier molecular flexibility index (Phi) is 3.67. The molecule has 1 aromatic carbocycles. The van der Waals surface area contributed by atoms with Gasteiger partial charge < -0.3 is 5.32 Å². The SMILES string of the molecule is CC(C1CC1)N1CCNC(Cc2ccccc2)C1. The van der Waals surface area contributed by atoms with Gasteiger partial charge in [-0.3, -0.25) is 4.90 Å². The lowest BCUT2D eigenvalue weighted by Crippen LogP contribution is -2.54. The second kappa shape index (κ2) is 5.41. The van der Waals surface area contributed by atoms with Gasteiger partial charge in [0.25, 0.3) is 0 Å². The summed E-state index contributed by atoms with van der Waals surface area (Å²) in [5.74, 6) is 0.987. The summed E-state index contributed by atoms with van der Waals surface area (Å²) in [6, 6.07) is 12.3. The average Bonchev–Trinajstić information content (AvgIpc) is 3.24. The smallest absolute Gasteiger partial charge is 0.0236 e. The molecule has 2 unspecified atom stereocenters. The molecule has 3 rings (SSSR count). The van der Waals surface area contributed by atoms with Gasteiger partial charge >= 0.3 is 0 Å². The lowest BCUT2D eigenvalue weighted by Gasteiger charge is -2.37. The van der Waals surface area contributed by atoms with E-state index in [-0.39, 0.29) is 0 Å². The molecule has 0 spiro atoms. The van der Waals surface area contributed by atoms with Crippen molar-refractivity contribution in [2.24, 2.45) is 5.92 Å². The summed E-state index contributed by atoms with van der Waals surface area (Å²) >= 11 is 0. The van der Waals surface area contributed by atoms with Crippen LogP contribution in [-0.4, -0.2) is 36.6 Å². The molecule has 0 radical (unpaired) electrons. The second-order valence-electron chi connectivity index (χ2n) is 5.91. The van der Waals surface area contributed by atoms with Crippen molar-refractivity contribution in [3.05, 3.63) is 35.9 Å². The molecule has 1 saturated carbocycles. The number of hydrogen-bond acceptors (Lipinski definition) is 2. The Labute approximate surface area is 110 Å². The van der Waals surface area contributed by atoms with Gasteiger partial charge in [0.15, 0.2) is 0 Å². The summed E-state index contributed by atoms with van der Waals surface area (Å²) in [5.41, 5.74) is 1.45. The van der Waals surface area contributed by atoms with Crippen LogP contribution in [0.2, 0.25) is 0 Å². The van der Waals surface area contributed by atoms with Gasteiger partial charge in [-0.05, 0) is 37.7 Å². The van der Waals surface area contributed by atoms with E-state index in [1.54, 1.807) is 0 Å². The van der Waals surface area contributed by atoms with Crippen LogP contribution < -0.4 is 5.32 Å². The minimum atomic E-state index is 0.627. The van der Waals surface area contributed by atoms with E-state index in [0.29, 0.717) is 6.04 Å². The molecule has 2 fully saturated rings. The van der Waals surface area contributed by atoms with E-state index >= 15 is 0 Å². The van der Waals surface area contributed by atoms with Crippen LogP contribution in [0, 0.1) is 5.92 Å². The molecule has 0 aromatic heterocycles. The van der Waals surface area contributed by atoms with Crippen LogP contribution in [0.4, 0.5) is 0 Å². The van der Waals surface area contributed by atoms with Crippen molar-refractivity contribution in [1.82, 2.24) is 10.2 Å². The van der Waals surface area contributed by atoms with Crippen molar-refractivity contribution in [2.45, 2.75) is 38.3 Å².